The predicted octanol–water partition coefficient (Wildman–Crippen LogP) is 4.17. The molecule has 4 aromatic rings. The van der Waals surface area contributed by atoms with Gasteiger partial charge in [0.05, 0.1) is 11.1 Å². The number of hydrogen-bond donors (Lipinski definition) is 0. The van der Waals surface area contributed by atoms with Crippen LogP contribution < -0.4 is 0 Å². The number of alkyl halides is 3. The van der Waals surface area contributed by atoms with Crippen LogP contribution in [0.5, 0.6) is 0 Å². The second kappa shape index (κ2) is 6.58. The third kappa shape index (κ3) is 2.92. The maximum atomic E-state index is 13.0. The lowest BCUT2D eigenvalue weighted by Crippen LogP contribution is -2.27. The molecular formula is C21H18F3N5O. The van der Waals surface area contributed by atoms with E-state index in [9.17, 15) is 18.0 Å². The number of benzene rings is 2. The number of rotatable bonds is 2. The summed E-state index contributed by atoms with van der Waals surface area (Å²) in [4.78, 5) is 16.1. The van der Waals surface area contributed by atoms with Crippen molar-refractivity contribution >= 4 is 28.0 Å². The zero-order chi connectivity index (χ0) is 21.0. The first kappa shape index (κ1) is 18.7. The summed E-state index contributed by atoms with van der Waals surface area (Å²) < 4.78 is 40.6. The number of amides is 1. The third-order valence-electron chi connectivity index (χ3n) is 5.49. The van der Waals surface area contributed by atoms with Crippen molar-refractivity contribution in [3.63, 3.8) is 0 Å². The maximum absolute atomic E-state index is 13.0. The van der Waals surface area contributed by atoms with Crippen LogP contribution in [-0.2, 0) is 13.2 Å². The van der Waals surface area contributed by atoms with Crippen molar-refractivity contribution < 1.29 is 18.0 Å². The van der Waals surface area contributed by atoms with Crippen molar-refractivity contribution in [2.75, 3.05) is 13.1 Å². The summed E-state index contributed by atoms with van der Waals surface area (Å²) in [6.07, 6.45) is -2.39. The topological polar surface area (TPSA) is 56.0 Å². The van der Waals surface area contributed by atoms with Crippen LogP contribution in [0.25, 0.3) is 27.8 Å². The number of aromatic nitrogens is 4. The largest absolute Gasteiger partial charge is 0.416 e. The third-order valence-corrected chi connectivity index (χ3v) is 5.49. The van der Waals surface area contributed by atoms with Gasteiger partial charge in [0.2, 0.25) is 0 Å². The molecule has 0 unspecified atom stereocenters. The fourth-order valence-corrected chi connectivity index (χ4v) is 4.05. The Kier molecular flexibility index (Phi) is 4.09. The van der Waals surface area contributed by atoms with Gasteiger partial charge in [-0.05, 0) is 55.3 Å². The zero-order valence-corrected chi connectivity index (χ0v) is 16.1. The van der Waals surface area contributed by atoms with Crippen LogP contribution in [0.2, 0.25) is 0 Å². The maximum Gasteiger partial charge on any atom is 0.416 e. The molecule has 1 fully saturated rings. The van der Waals surface area contributed by atoms with Gasteiger partial charge in [-0.15, -0.1) is 5.10 Å². The molecule has 1 aliphatic heterocycles. The quantitative estimate of drug-likeness (QED) is 0.496. The van der Waals surface area contributed by atoms with Crippen molar-refractivity contribution in [2.24, 2.45) is 7.05 Å². The average molecular weight is 413 g/mol. The molecule has 5 rings (SSSR count). The smallest absolute Gasteiger partial charge is 0.339 e. The molecule has 30 heavy (non-hydrogen) atoms. The Hall–Kier alpha value is -3.36. The highest BCUT2D eigenvalue weighted by molar-refractivity contribution is 6.08. The van der Waals surface area contributed by atoms with Crippen LogP contribution in [0.1, 0.15) is 28.8 Å². The number of likely N-dealkylation sites (tertiary alicyclic amines) is 1. The average Bonchev–Trinajstić information content (AvgIpc) is 3.42. The molecule has 0 atom stereocenters. The number of halogens is 3. The van der Waals surface area contributed by atoms with Crippen LogP contribution >= 0.6 is 0 Å². The molecule has 1 amide bonds. The molecule has 0 aliphatic carbocycles. The van der Waals surface area contributed by atoms with E-state index in [1.54, 1.807) is 29.8 Å². The molecule has 6 nitrogen and oxygen atoms in total. The summed E-state index contributed by atoms with van der Waals surface area (Å²) in [7, 11) is 1.68. The standard InChI is InChI=1S/C21H18F3N5O/c1-27-25-18-16-12-13(20(30)28-10-2-3-11-28)4-9-17(16)29(19(18)26-27)15-7-5-14(6-8-15)21(22,23)24/h4-9,12H,2-3,10-11H2,1H3. The van der Waals surface area contributed by atoms with Gasteiger partial charge in [-0.3, -0.25) is 9.36 Å². The molecule has 2 aromatic carbocycles. The van der Waals surface area contributed by atoms with Crippen molar-refractivity contribution in [1.29, 1.82) is 0 Å². The Labute approximate surface area is 169 Å². The molecular weight excluding hydrogens is 395 g/mol. The second-order valence-electron chi connectivity index (χ2n) is 7.47. The molecule has 1 saturated heterocycles. The lowest BCUT2D eigenvalue weighted by atomic mass is 10.1. The van der Waals surface area contributed by atoms with E-state index in [1.807, 2.05) is 4.90 Å². The van der Waals surface area contributed by atoms with Gasteiger partial charge in [-0.1, -0.05) is 0 Å². The van der Waals surface area contributed by atoms with E-state index in [0.29, 0.717) is 22.4 Å². The van der Waals surface area contributed by atoms with Crippen molar-refractivity contribution in [3.05, 3.63) is 53.6 Å². The summed E-state index contributed by atoms with van der Waals surface area (Å²) in [5, 5.41) is 9.56. The summed E-state index contributed by atoms with van der Waals surface area (Å²) in [5.41, 5.74) is 2.26. The van der Waals surface area contributed by atoms with E-state index in [-0.39, 0.29) is 5.91 Å². The molecule has 9 heteroatoms. The second-order valence-corrected chi connectivity index (χ2v) is 7.47. The minimum Gasteiger partial charge on any atom is -0.339 e. The van der Waals surface area contributed by atoms with E-state index in [0.717, 1.165) is 49.0 Å². The van der Waals surface area contributed by atoms with Crippen molar-refractivity contribution in [2.45, 2.75) is 19.0 Å². The van der Waals surface area contributed by atoms with Crippen molar-refractivity contribution in [3.8, 4) is 5.69 Å². The van der Waals surface area contributed by atoms with Gasteiger partial charge in [0, 0.05) is 36.8 Å². The summed E-state index contributed by atoms with van der Waals surface area (Å²) in [6.45, 7) is 1.51. The molecule has 0 saturated carbocycles. The number of hydrogen-bond acceptors (Lipinski definition) is 3. The van der Waals surface area contributed by atoms with Gasteiger partial charge in [-0.25, -0.2) is 0 Å². The number of carbonyl (C=O) groups excluding carboxylic acids is 1. The summed E-state index contributed by atoms with van der Waals surface area (Å²) >= 11 is 0. The zero-order valence-electron chi connectivity index (χ0n) is 16.1. The summed E-state index contributed by atoms with van der Waals surface area (Å²) in [5.74, 6) is -0.0197. The van der Waals surface area contributed by atoms with E-state index in [2.05, 4.69) is 10.2 Å². The van der Waals surface area contributed by atoms with Crippen LogP contribution in [0.4, 0.5) is 13.2 Å². The molecule has 154 valence electrons. The van der Waals surface area contributed by atoms with Crippen LogP contribution in [0.3, 0.4) is 0 Å². The van der Waals surface area contributed by atoms with E-state index >= 15 is 0 Å². The Morgan fingerprint density at radius 3 is 2.37 bits per heavy atom. The number of fused-ring (bicyclic) bond motifs is 3. The van der Waals surface area contributed by atoms with Gasteiger partial charge in [0.1, 0.15) is 5.52 Å². The van der Waals surface area contributed by atoms with Gasteiger partial charge in [0.15, 0.2) is 5.65 Å². The normalized spacial score (nSPS) is 14.9. The van der Waals surface area contributed by atoms with Crippen LogP contribution in [-0.4, -0.2) is 43.5 Å². The first-order valence-electron chi connectivity index (χ1n) is 9.65. The SMILES string of the molecule is Cn1nc2c3cc(C(=O)N4CCCC4)ccc3n(-c3ccc(C(F)(F)F)cc3)c2n1. The minimum atomic E-state index is -4.40. The Balaban J connectivity index is 1.67. The molecule has 0 spiro atoms. The Bertz CT molecular complexity index is 1260. The van der Waals surface area contributed by atoms with Crippen LogP contribution in [0.15, 0.2) is 42.5 Å². The molecule has 0 bridgehead atoms. The van der Waals surface area contributed by atoms with E-state index in [1.165, 1.54) is 16.9 Å². The summed E-state index contributed by atoms with van der Waals surface area (Å²) in [6, 6.07) is 10.3. The molecule has 1 aliphatic rings. The molecule has 2 aromatic heterocycles. The highest BCUT2D eigenvalue weighted by atomic mass is 19.4. The Morgan fingerprint density at radius 1 is 1.00 bits per heavy atom. The minimum absolute atomic E-state index is 0.0197. The molecule has 3 heterocycles. The highest BCUT2D eigenvalue weighted by Crippen LogP contribution is 2.33. The van der Waals surface area contributed by atoms with Gasteiger partial charge in [-0.2, -0.15) is 23.1 Å². The fourth-order valence-electron chi connectivity index (χ4n) is 4.05. The molecule has 0 radical (unpaired) electrons. The number of carbonyl (C=O) groups is 1. The van der Waals surface area contributed by atoms with Crippen LogP contribution in [0, 0.1) is 0 Å². The first-order chi connectivity index (χ1) is 14.3. The van der Waals surface area contributed by atoms with Crippen molar-refractivity contribution in [1.82, 2.24) is 24.5 Å². The highest BCUT2D eigenvalue weighted by Gasteiger charge is 2.30. The Morgan fingerprint density at radius 2 is 1.70 bits per heavy atom. The van der Waals surface area contributed by atoms with Gasteiger partial charge < -0.3 is 4.90 Å². The number of aryl methyl sites for hydroxylation is 1. The van der Waals surface area contributed by atoms with Gasteiger partial charge in [0.25, 0.3) is 5.91 Å². The van der Waals surface area contributed by atoms with Gasteiger partial charge >= 0.3 is 6.18 Å². The molecule has 0 N–H and O–H groups in total. The monoisotopic (exact) mass is 413 g/mol. The first-order valence-corrected chi connectivity index (χ1v) is 9.65. The van der Waals surface area contributed by atoms with E-state index < -0.39 is 11.7 Å². The number of nitrogens with zero attached hydrogens (tertiary/aromatic N) is 5. The lowest BCUT2D eigenvalue weighted by Gasteiger charge is -2.15. The lowest BCUT2D eigenvalue weighted by molar-refractivity contribution is -0.137. The van der Waals surface area contributed by atoms with E-state index in [4.69, 9.17) is 0 Å². The fraction of sp³-hybridized carbons (Fsp3) is 0.286. The predicted molar refractivity (Wildman–Crippen MR) is 105 cm³/mol.